The Kier molecular flexibility index (Phi) is 21.5. The third-order valence-corrected chi connectivity index (χ3v) is 20.5. The van der Waals surface area contributed by atoms with Crippen LogP contribution in [0.2, 0.25) is 0 Å². The molecule has 440 valence electrons. The van der Waals surface area contributed by atoms with E-state index in [-0.39, 0.29) is 10.9 Å². The number of rotatable bonds is 18. The maximum absolute atomic E-state index is 12.8. The van der Waals surface area contributed by atoms with E-state index >= 15 is 0 Å². The van der Waals surface area contributed by atoms with Crippen molar-refractivity contribution in [2.45, 2.75) is 58.2 Å². The quantitative estimate of drug-likeness (QED) is 0.110. The molecule has 3 fully saturated rings. The summed E-state index contributed by atoms with van der Waals surface area (Å²) >= 11 is 0. The fraction of sp³-hybridized carbons (Fsp3) is 0.569. The van der Waals surface area contributed by atoms with Crippen LogP contribution in [-0.2, 0) is 39.5 Å². The molecular formula is C58H84F3N11O6S2. The summed E-state index contributed by atoms with van der Waals surface area (Å²) in [6, 6.07) is 30.3. The van der Waals surface area contributed by atoms with Crippen LogP contribution in [0, 0.1) is 0 Å². The van der Waals surface area contributed by atoms with E-state index < -0.39 is 32.3 Å². The summed E-state index contributed by atoms with van der Waals surface area (Å²) < 4.78 is 96.0. The summed E-state index contributed by atoms with van der Waals surface area (Å²) in [4.78, 5) is 30.7. The topological polar surface area (TPSA) is 130 Å². The number of ether oxygens (including phenoxy) is 1. The normalized spacial score (nSPS) is 18.6. The van der Waals surface area contributed by atoms with Crippen molar-refractivity contribution in [2.75, 3.05) is 178 Å². The van der Waals surface area contributed by atoms with Gasteiger partial charge in [-0.25, -0.2) is 13.2 Å². The lowest BCUT2D eigenvalue weighted by atomic mass is 10.2. The monoisotopic (exact) mass is 1150 g/mol. The number of benzene rings is 4. The number of halogens is 3. The number of amides is 2. The molecule has 6 aliphatic rings. The lowest BCUT2D eigenvalue weighted by molar-refractivity contribution is -0.274. The molecule has 2 amide bonds. The van der Waals surface area contributed by atoms with Crippen LogP contribution in [0.1, 0.15) is 44.4 Å². The number of carbonyl (C=O) groups excluding carboxylic acids is 1. The van der Waals surface area contributed by atoms with Gasteiger partial charge < -0.3 is 29.2 Å². The van der Waals surface area contributed by atoms with Gasteiger partial charge in [0.2, 0.25) is 10.0 Å². The summed E-state index contributed by atoms with van der Waals surface area (Å²) in [6.45, 7) is 28.1. The lowest BCUT2D eigenvalue weighted by Crippen LogP contribution is -2.53. The van der Waals surface area contributed by atoms with Crippen LogP contribution >= 0.6 is 0 Å². The van der Waals surface area contributed by atoms with Crippen molar-refractivity contribution in [3.8, 4) is 5.75 Å². The summed E-state index contributed by atoms with van der Waals surface area (Å²) in [5, 5.41) is 0. The molecule has 22 heteroatoms. The Morgan fingerprint density at radius 2 is 0.850 bits per heavy atom. The van der Waals surface area contributed by atoms with Crippen LogP contribution in [-0.4, -0.2) is 230 Å². The molecule has 0 unspecified atom stereocenters. The molecule has 4 aromatic carbocycles. The molecule has 6 aliphatic heterocycles. The van der Waals surface area contributed by atoms with Crippen LogP contribution in [0.15, 0.2) is 102 Å². The van der Waals surface area contributed by atoms with Gasteiger partial charge in [0.05, 0.1) is 4.90 Å². The van der Waals surface area contributed by atoms with Gasteiger partial charge in [0.1, 0.15) is 5.75 Å². The first kappa shape index (κ1) is 60.9. The number of sulfonamides is 1. The molecule has 80 heavy (non-hydrogen) atoms. The Balaban J connectivity index is 0.000000159. The number of hydrogen-bond acceptors (Lipinski definition) is 12. The Morgan fingerprint density at radius 1 is 0.475 bits per heavy atom. The number of anilines is 3. The molecule has 0 aliphatic carbocycles. The van der Waals surface area contributed by atoms with Gasteiger partial charge >= 0.3 is 12.4 Å². The zero-order valence-corrected chi connectivity index (χ0v) is 49.0. The highest BCUT2D eigenvalue weighted by molar-refractivity contribution is 7.89. The third kappa shape index (κ3) is 15.7. The molecule has 0 spiro atoms. The highest BCUT2D eigenvalue weighted by Gasteiger charge is 2.34. The van der Waals surface area contributed by atoms with Crippen molar-refractivity contribution >= 4 is 43.3 Å². The average Bonchev–Trinajstić information content (AvgIpc) is 4.22. The molecule has 6 heterocycles. The van der Waals surface area contributed by atoms with Crippen molar-refractivity contribution in [1.29, 1.82) is 0 Å². The fourth-order valence-corrected chi connectivity index (χ4v) is 14.6. The van der Waals surface area contributed by atoms with Crippen LogP contribution in [0.4, 0.5) is 35.0 Å². The van der Waals surface area contributed by atoms with Crippen molar-refractivity contribution < 1.29 is 39.5 Å². The second-order valence-electron chi connectivity index (χ2n) is 21.0. The number of hydrogen-bond donors (Lipinski definition) is 0. The zero-order valence-electron chi connectivity index (χ0n) is 47.4. The maximum Gasteiger partial charge on any atom is 0.573 e. The summed E-state index contributed by atoms with van der Waals surface area (Å²) in [7, 11) is -7.05. The van der Waals surface area contributed by atoms with Crippen LogP contribution in [0.5, 0.6) is 5.75 Å². The molecule has 0 atom stereocenters. The first-order chi connectivity index (χ1) is 38.5. The van der Waals surface area contributed by atoms with Gasteiger partial charge in [0.15, 0.2) is 0 Å². The van der Waals surface area contributed by atoms with Gasteiger partial charge in [0, 0.05) is 181 Å². The third-order valence-electron chi connectivity index (χ3n) is 16.4. The van der Waals surface area contributed by atoms with Crippen molar-refractivity contribution in [2.24, 2.45) is 0 Å². The minimum atomic E-state index is -4.81. The molecular weight excluding hydrogens is 1070 g/mol. The van der Waals surface area contributed by atoms with Gasteiger partial charge in [-0.15, -0.1) is 13.2 Å². The lowest BCUT2D eigenvalue weighted by Gasteiger charge is -2.37. The maximum atomic E-state index is 12.8. The van der Waals surface area contributed by atoms with Crippen molar-refractivity contribution in [3.63, 3.8) is 0 Å². The average molecular weight is 1150 g/mol. The summed E-state index contributed by atoms with van der Waals surface area (Å²) in [5.74, 6) is -0.445. The SMILES string of the molecule is CCN(CC)C(=O)N1CCN(CCN2CCc3ccccc32)CC1.CCN(CC)S(=O)(=O)N1CCN(CCN2CCc3ccccc32)CC1.O=S(=O)(c1ccc(OC(F)(F)F)cc1)N1CCN(CCN2CCc3ccccc32)CC1. The van der Waals surface area contributed by atoms with Gasteiger partial charge in [-0.3, -0.25) is 14.7 Å². The minimum absolute atomic E-state index is 0.0378. The Bertz CT molecular complexity index is 2820. The van der Waals surface area contributed by atoms with E-state index in [4.69, 9.17) is 0 Å². The van der Waals surface area contributed by atoms with E-state index in [0.717, 1.165) is 148 Å². The van der Waals surface area contributed by atoms with Gasteiger partial charge in [-0.05, 0) is 92.3 Å². The second-order valence-corrected chi connectivity index (χ2v) is 24.8. The van der Waals surface area contributed by atoms with Crippen LogP contribution < -0.4 is 19.4 Å². The molecule has 4 aromatic rings. The molecule has 10 rings (SSSR count). The number of alkyl halides is 3. The Hall–Kier alpha value is -5.20. The first-order valence-corrected chi connectivity index (χ1v) is 31.7. The Labute approximate surface area is 474 Å². The number of piperazine rings is 3. The standard InChI is InChI=1S/C21H24F3N3O3S.C19H30N4O.C18H30N4O2S/c22-21(23,24)30-18-5-7-19(8-6-18)31(28,29)27-15-12-25(13-16-27)11-14-26-10-9-17-3-1-2-4-20(17)26;1-3-21(4-2)19(24)23-15-12-20(13-16-23)11-14-22-10-9-17-7-5-6-8-18(17)22;1-3-21(4-2)25(23,24)22-15-12-19(13-16-22)11-14-20-10-9-17-7-5-6-8-18(17)20/h1-8H,9-16H2;5-8H,3-4,9-16H2,1-2H3;5-8H,3-4,9-16H2,1-2H3. The van der Waals surface area contributed by atoms with Gasteiger partial charge in [-0.2, -0.15) is 21.3 Å². The zero-order chi connectivity index (χ0) is 56.9. The molecule has 0 saturated carbocycles. The molecule has 17 nitrogen and oxygen atoms in total. The predicted molar refractivity (Wildman–Crippen MR) is 312 cm³/mol. The van der Waals surface area contributed by atoms with Gasteiger partial charge in [-0.1, -0.05) is 68.4 Å². The number of fused-ring (bicyclic) bond motifs is 3. The highest BCUT2D eigenvalue weighted by Crippen LogP contribution is 2.30. The molecule has 0 aromatic heterocycles. The Morgan fingerprint density at radius 3 is 1.23 bits per heavy atom. The second kappa shape index (κ2) is 28.2. The smallest absolute Gasteiger partial charge is 0.406 e. The molecule has 0 N–H and O–H groups in total. The van der Waals surface area contributed by atoms with E-state index in [1.54, 1.807) is 8.61 Å². The number of carbonyl (C=O) groups is 1. The largest absolute Gasteiger partial charge is 0.573 e. The van der Waals surface area contributed by atoms with Crippen molar-refractivity contribution in [1.82, 2.24) is 37.4 Å². The van der Waals surface area contributed by atoms with E-state index in [2.05, 4.69) is 101 Å². The fourth-order valence-electron chi connectivity index (χ4n) is 11.6. The van der Waals surface area contributed by atoms with Crippen LogP contribution in [0.25, 0.3) is 0 Å². The number of nitrogens with zero attached hydrogens (tertiary/aromatic N) is 11. The van der Waals surface area contributed by atoms with Gasteiger partial charge in [0.25, 0.3) is 10.2 Å². The molecule has 3 saturated heterocycles. The van der Waals surface area contributed by atoms with E-state index in [1.165, 1.54) is 44.5 Å². The minimum Gasteiger partial charge on any atom is -0.406 e. The van der Waals surface area contributed by atoms with Crippen molar-refractivity contribution in [3.05, 3.63) is 114 Å². The molecule has 0 bridgehead atoms. The van der Waals surface area contributed by atoms with E-state index in [0.29, 0.717) is 52.4 Å². The highest BCUT2D eigenvalue weighted by atomic mass is 32.2. The van der Waals surface area contributed by atoms with E-state index in [9.17, 15) is 34.8 Å². The predicted octanol–water partition coefficient (Wildman–Crippen LogP) is 6.34. The van der Waals surface area contributed by atoms with Crippen LogP contribution in [0.3, 0.4) is 0 Å². The first-order valence-electron chi connectivity index (χ1n) is 28.8. The molecule has 0 radical (unpaired) electrons. The number of para-hydroxylation sites is 3. The summed E-state index contributed by atoms with van der Waals surface area (Å²) in [6.07, 6.45) is -1.46. The number of urea groups is 1. The van der Waals surface area contributed by atoms with E-state index in [1.807, 2.05) is 43.6 Å². The summed E-state index contributed by atoms with van der Waals surface area (Å²) in [5.41, 5.74) is 8.34.